The van der Waals surface area contributed by atoms with E-state index in [2.05, 4.69) is 16.0 Å². The Balaban J connectivity index is 2.33. The van der Waals surface area contributed by atoms with Crippen molar-refractivity contribution >= 4 is 41.4 Å². The van der Waals surface area contributed by atoms with Crippen molar-refractivity contribution in [3.05, 3.63) is 59.7 Å². The first-order valence-corrected chi connectivity index (χ1v) is 14.5. The van der Waals surface area contributed by atoms with Crippen LogP contribution in [0.4, 0.5) is 0 Å². The summed E-state index contributed by atoms with van der Waals surface area (Å²) in [5, 5.41) is 36.4. The first-order valence-electron chi connectivity index (χ1n) is 13.1. The molecule has 0 aliphatic rings. The lowest BCUT2D eigenvalue weighted by atomic mass is 10.0. The number of nitrogens with one attached hydrogen (secondary N) is 3. The van der Waals surface area contributed by atoms with Gasteiger partial charge in [0, 0.05) is 19.3 Å². The minimum Gasteiger partial charge on any atom is -0.508 e. The molecule has 13 nitrogen and oxygen atoms in total. The van der Waals surface area contributed by atoms with Crippen LogP contribution in [0, 0.1) is 0 Å². The van der Waals surface area contributed by atoms with Gasteiger partial charge in [0.1, 0.15) is 29.6 Å². The summed E-state index contributed by atoms with van der Waals surface area (Å²) in [7, 11) is 0. The molecule has 2 rings (SSSR count). The van der Waals surface area contributed by atoms with Gasteiger partial charge in [-0.15, -0.1) is 0 Å². The van der Waals surface area contributed by atoms with Gasteiger partial charge >= 0.3 is 5.97 Å². The van der Waals surface area contributed by atoms with Crippen LogP contribution in [-0.2, 0) is 36.8 Å². The summed E-state index contributed by atoms with van der Waals surface area (Å²) in [4.78, 5) is 62.6. The fourth-order valence-corrected chi connectivity index (χ4v) is 4.39. The van der Waals surface area contributed by atoms with E-state index in [1.54, 1.807) is 12.1 Å². The molecule has 10 N–H and O–H groups in total. The van der Waals surface area contributed by atoms with Crippen molar-refractivity contribution in [3.63, 3.8) is 0 Å². The molecule has 0 aliphatic heterocycles. The highest BCUT2D eigenvalue weighted by Gasteiger charge is 2.31. The summed E-state index contributed by atoms with van der Waals surface area (Å²) < 4.78 is 0. The Morgan fingerprint density at radius 1 is 0.738 bits per heavy atom. The maximum Gasteiger partial charge on any atom is 0.326 e. The Labute approximate surface area is 247 Å². The van der Waals surface area contributed by atoms with Crippen molar-refractivity contribution < 1.29 is 39.3 Å². The van der Waals surface area contributed by atoms with Crippen LogP contribution in [0.2, 0.25) is 0 Å². The second kappa shape index (κ2) is 16.8. The summed E-state index contributed by atoms with van der Waals surface area (Å²) in [6.07, 6.45) is 1.60. The molecule has 4 atom stereocenters. The molecule has 228 valence electrons. The Hall–Kier alpha value is -4.30. The zero-order chi connectivity index (χ0) is 31.2. The fourth-order valence-electron chi connectivity index (χ4n) is 3.90. The molecule has 14 heteroatoms. The topological polar surface area (TPSA) is 234 Å². The highest BCUT2D eigenvalue weighted by molar-refractivity contribution is 7.98. The molecule has 0 saturated heterocycles. The van der Waals surface area contributed by atoms with Crippen LogP contribution in [-0.4, -0.2) is 81.1 Å². The van der Waals surface area contributed by atoms with E-state index in [1.807, 2.05) is 6.26 Å². The largest absolute Gasteiger partial charge is 0.508 e. The number of nitrogens with two attached hydrogens (primary N) is 2. The van der Waals surface area contributed by atoms with Gasteiger partial charge in [0.05, 0.1) is 6.04 Å². The van der Waals surface area contributed by atoms with E-state index >= 15 is 0 Å². The molecule has 0 heterocycles. The Bertz CT molecular complexity index is 1230. The standard InChI is InChI=1S/C28H37N5O8S/c1-42-13-12-20(29)25(37)32-22(14-16-2-6-18(34)7-3-16)27(39)33-23(15-17-4-8-19(35)9-5-17)26(38)31-21(28(40)41)10-11-24(30)36/h2-9,20-23,34-35H,10-15,29H2,1H3,(H2,30,36)(H,31,38)(H,32,37)(H,33,39)(H,40,41). The number of carbonyl (C=O) groups excluding carboxylic acids is 4. The van der Waals surface area contributed by atoms with Gasteiger partial charge in [-0.1, -0.05) is 24.3 Å². The van der Waals surface area contributed by atoms with Crippen LogP contribution in [0.25, 0.3) is 0 Å². The van der Waals surface area contributed by atoms with E-state index in [1.165, 1.54) is 48.2 Å². The number of phenolic OH excluding ortho intramolecular Hbond substituents is 2. The highest BCUT2D eigenvalue weighted by Crippen LogP contribution is 2.14. The van der Waals surface area contributed by atoms with Gasteiger partial charge in [0.15, 0.2) is 0 Å². The van der Waals surface area contributed by atoms with Crippen LogP contribution in [0.15, 0.2) is 48.5 Å². The first-order chi connectivity index (χ1) is 19.9. The SMILES string of the molecule is CSCCC(N)C(=O)NC(Cc1ccc(O)cc1)C(=O)NC(Cc1ccc(O)cc1)C(=O)NC(CCC(N)=O)C(=O)O. The van der Waals surface area contributed by atoms with Crippen molar-refractivity contribution in [2.24, 2.45) is 11.5 Å². The Morgan fingerprint density at radius 3 is 1.57 bits per heavy atom. The molecule has 4 amide bonds. The average Bonchev–Trinajstić information content (AvgIpc) is 2.94. The van der Waals surface area contributed by atoms with E-state index in [-0.39, 0.29) is 37.2 Å². The number of thioether (sulfide) groups is 1. The maximum absolute atomic E-state index is 13.6. The number of aromatic hydroxyl groups is 2. The molecule has 2 aromatic carbocycles. The molecule has 0 aliphatic carbocycles. The highest BCUT2D eigenvalue weighted by atomic mass is 32.2. The van der Waals surface area contributed by atoms with E-state index in [9.17, 15) is 39.3 Å². The van der Waals surface area contributed by atoms with Crippen LogP contribution < -0.4 is 27.4 Å². The smallest absolute Gasteiger partial charge is 0.326 e. The number of hydrogen-bond donors (Lipinski definition) is 8. The van der Waals surface area contributed by atoms with Gasteiger partial charge in [-0.25, -0.2) is 4.79 Å². The molecule has 0 saturated carbocycles. The molecule has 2 aromatic rings. The molecule has 0 spiro atoms. The molecule has 0 aromatic heterocycles. The quantitative estimate of drug-likeness (QED) is 0.118. The predicted molar refractivity (Wildman–Crippen MR) is 156 cm³/mol. The molecule has 0 radical (unpaired) electrons. The summed E-state index contributed by atoms with van der Waals surface area (Å²) in [6, 6.07) is 7.03. The lowest BCUT2D eigenvalue weighted by Crippen LogP contribution is -2.58. The number of carbonyl (C=O) groups is 5. The number of aliphatic carboxylic acids is 1. The van der Waals surface area contributed by atoms with Gasteiger partial charge in [-0.2, -0.15) is 11.8 Å². The van der Waals surface area contributed by atoms with Gasteiger partial charge < -0.3 is 42.7 Å². The first kappa shape index (κ1) is 33.9. The van der Waals surface area contributed by atoms with Crippen molar-refractivity contribution in [1.82, 2.24) is 16.0 Å². The van der Waals surface area contributed by atoms with Gasteiger partial charge in [-0.3, -0.25) is 19.2 Å². The zero-order valence-electron chi connectivity index (χ0n) is 23.1. The van der Waals surface area contributed by atoms with Crippen molar-refractivity contribution in [3.8, 4) is 11.5 Å². The fraction of sp³-hybridized carbons (Fsp3) is 0.393. The number of benzene rings is 2. The molecule has 0 bridgehead atoms. The van der Waals surface area contributed by atoms with E-state index in [4.69, 9.17) is 11.5 Å². The third-order valence-electron chi connectivity index (χ3n) is 6.28. The normalized spacial score (nSPS) is 13.7. The summed E-state index contributed by atoms with van der Waals surface area (Å²) in [5.74, 6) is -3.67. The second-order valence-corrected chi connectivity index (χ2v) is 10.6. The van der Waals surface area contributed by atoms with Crippen LogP contribution in [0.5, 0.6) is 11.5 Å². The number of rotatable bonds is 17. The van der Waals surface area contributed by atoms with E-state index in [0.717, 1.165) is 0 Å². The Morgan fingerprint density at radius 2 is 1.17 bits per heavy atom. The summed E-state index contributed by atoms with van der Waals surface area (Å²) in [6.45, 7) is 0. The van der Waals surface area contributed by atoms with Crippen LogP contribution in [0.1, 0.15) is 30.4 Å². The van der Waals surface area contributed by atoms with Crippen molar-refractivity contribution in [2.75, 3.05) is 12.0 Å². The van der Waals surface area contributed by atoms with E-state index < -0.39 is 53.8 Å². The molecule has 0 fully saturated rings. The molecular weight excluding hydrogens is 566 g/mol. The third kappa shape index (κ3) is 11.7. The maximum atomic E-state index is 13.6. The van der Waals surface area contributed by atoms with Crippen molar-refractivity contribution in [1.29, 1.82) is 0 Å². The molecule has 42 heavy (non-hydrogen) atoms. The summed E-state index contributed by atoms with van der Waals surface area (Å²) in [5.41, 5.74) is 12.3. The van der Waals surface area contributed by atoms with Gasteiger partial charge in [0.25, 0.3) is 0 Å². The summed E-state index contributed by atoms with van der Waals surface area (Å²) >= 11 is 1.51. The number of carboxylic acids is 1. The zero-order valence-corrected chi connectivity index (χ0v) is 23.9. The van der Waals surface area contributed by atoms with Crippen LogP contribution >= 0.6 is 11.8 Å². The number of hydrogen-bond acceptors (Lipinski definition) is 9. The minimum atomic E-state index is -1.45. The van der Waals surface area contributed by atoms with Gasteiger partial charge in [-0.05, 0) is 60.2 Å². The number of carboxylic acid groups (broad SMARTS) is 1. The van der Waals surface area contributed by atoms with Crippen molar-refractivity contribution in [2.45, 2.75) is 56.3 Å². The van der Waals surface area contributed by atoms with Crippen LogP contribution in [0.3, 0.4) is 0 Å². The number of primary amides is 1. The van der Waals surface area contributed by atoms with Gasteiger partial charge in [0.2, 0.25) is 23.6 Å². The predicted octanol–water partition coefficient (Wildman–Crippen LogP) is -0.232. The average molecular weight is 604 g/mol. The van der Waals surface area contributed by atoms with E-state index in [0.29, 0.717) is 23.3 Å². The molecular formula is C28H37N5O8S. The minimum absolute atomic E-state index is 0.00296. The molecule has 4 unspecified atom stereocenters. The monoisotopic (exact) mass is 603 g/mol. The lowest BCUT2D eigenvalue weighted by Gasteiger charge is -2.25. The number of phenols is 2. The lowest BCUT2D eigenvalue weighted by molar-refractivity contribution is -0.142. The number of amides is 4. The third-order valence-corrected chi connectivity index (χ3v) is 6.93. The second-order valence-electron chi connectivity index (χ2n) is 9.66. The Kier molecular flexibility index (Phi) is 13.6.